The summed E-state index contributed by atoms with van der Waals surface area (Å²) in [5.74, 6) is 3.85. The van der Waals surface area contributed by atoms with Gasteiger partial charge < -0.3 is 52.3 Å². The Balaban J connectivity index is 0.723. The van der Waals surface area contributed by atoms with Crippen LogP contribution in [0.25, 0.3) is 67.2 Å². The third-order valence-corrected chi connectivity index (χ3v) is 16.2. The summed E-state index contributed by atoms with van der Waals surface area (Å²) in [7, 11) is 7.31. The fourth-order valence-corrected chi connectivity index (χ4v) is 12.0. The molecule has 8 aromatic rings. The second-order valence-corrected chi connectivity index (χ2v) is 20.9. The molecule has 3 unspecified atom stereocenters. The monoisotopic (exact) mass is 970 g/mol. The van der Waals surface area contributed by atoms with Crippen molar-refractivity contribution in [3.05, 3.63) is 83.7 Å². The first-order chi connectivity index (χ1) is 35.2. The molecule has 6 fully saturated rings. The van der Waals surface area contributed by atoms with Crippen LogP contribution in [0, 0.1) is 11.8 Å². The molecule has 5 atom stereocenters. The van der Waals surface area contributed by atoms with Crippen molar-refractivity contribution in [2.75, 3.05) is 60.2 Å². The summed E-state index contributed by atoms with van der Waals surface area (Å²) >= 11 is 0. The molecule has 2 N–H and O–H groups in total. The van der Waals surface area contributed by atoms with Gasteiger partial charge in [0.1, 0.15) is 33.8 Å². The molecule has 2 aromatic carbocycles. The summed E-state index contributed by atoms with van der Waals surface area (Å²) in [6.45, 7) is 5.70. The first kappa shape index (κ1) is 43.9. The summed E-state index contributed by atoms with van der Waals surface area (Å²) in [5.41, 5.74) is 8.85. The number of aryl methyl sites for hydroxylation is 2. The number of morpholine rings is 2. The maximum absolute atomic E-state index is 14.5. The van der Waals surface area contributed by atoms with Crippen molar-refractivity contribution >= 4 is 55.9 Å². The van der Waals surface area contributed by atoms with Gasteiger partial charge in [-0.05, 0) is 98.2 Å². The third kappa shape index (κ3) is 7.27. The second kappa shape index (κ2) is 16.9. The highest BCUT2D eigenvalue weighted by molar-refractivity contribution is 6.01. The molecule has 2 saturated carbocycles. The third-order valence-electron chi connectivity index (χ3n) is 16.2. The number of amides is 2. The fourth-order valence-electron chi connectivity index (χ4n) is 12.0. The highest BCUT2D eigenvalue weighted by atomic mass is 16.5. The smallest absolute Gasteiger partial charge is 0.254 e. The van der Waals surface area contributed by atoms with Crippen LogP contribution >= 0.6 is 0 Å². The van der Waals surface area contributed by atoms with Crippen molar-refractivity contribution in [2.24, 2.45) is 25.9 Å². The average Bonchev–Trinajstić information content (AvgIpc) is 4.08. The zero-order valence-electron chi connectivity index (χ0n) is 41.0. The predicted molar refractivity (Wildman–Crippen MR) is 270 cm³/mol. The van der Waals surface area contributed by atoms with Gasteiger partial charge in [0.15, 0.2) is 11.6 Å². The normalized spacial score (nSPS) is 23.2. The SMILES string of the molecule is COc1cc(C(=O)N2C[C@@H]3OCC(c4ccc5cc(-c6nc7cc(C(=O)N8CC9NCCOC9C8)cc(OC)c7n6C)n(CC6CC6)c5n4)N[C@@H]3C2)cc2nc(-c3cc4cccnc4n3CC3CC3)n(C)c12. The van der Waals surface area contributed by atoms with Crippen LogP contribution in [0.3, 0.4) is 0 Å². The van der Waals surface area contributed by atoms with Crippen LogP contribution in [0.1, 0.15) is 58.1 Å². The zero-order chi connectivity index (χ0) is 48.5. The molecule has 0 bridgehead atoms. The molecule has 370 valence electrons. The highest BCUT2D eigenvalue weighted by Crippen LogP contribution is 2.41. The summed E-state index contributed by atoms with van der Waals surface area (Å²) in [5, 5.41) is 9.44. The topological polar surface area (TPSA) is 173 Å². The summed E-state index contributed by atoms with van der Waals surface area (Å²) in [4.78, 5) is 52.7. The number of carbonyl (C=O) groups excluding carboxylic acids is 2. The summed E-state index contributed by atoms with van der Waals surface area (Å²) in [6.07, 6.45) is 6.47. The quantitative estimate of drug-likeness (QED) is 0.162. The Morgan fingerprint density at radius 2 is 1.26 bits per heavy atom. The van der Waals surface area contributed by atoms with E-state index in [0.717, 1.165) is 81.5 Å². The lowest BCUT2D eigenvalue weighted by molar-refractivity contribution is -0.00804. The average molecular weight is 971 g/mol. The number of methoxy groups -OCH3 is 2. The van der Waals surface area contributed by atoms with Crippen molar-refractivity contribution in [3.8, 4) is 34.5 Å². The molecule has 14 rings (SSSR count). The Bertz CT molecular complexity index is 3500. The number of likely N-dealkylation sites (tertiary alicyclic amines) is 2. The molecule has 0 radical (unpaired) electrons. The van der Waals surface area contributed by atoms with E-state index in [-0.39, 0.29) is 42.1 Å². The van der Waals surface area contributed by atoms with Gasteiger partial charge >= 0.3 is 0 Å². The standard InChI is InChI=1S/C54H58N12O6/c1-61-47-36(59-51(61)41-18-31-6-5-13-56-49(31)65(41)22-29-7-8-29)17-34(21-44(47)70-4)54(68)64-25-39-46(27-64)72-28-40(57-39)35-12-11-32-19-42(66(50(32)58-35)23-30-9-10-30)52-60-37-16-33(20-43(69-3)48(37)62(52)2)53(67)63-24-38-45(26-63)71-15-14-55-38/h5-6,11-13,16-21,29-30,38-40,45-46,55,57H,7-10,14-15,22-28H2,1-4H3/t38?,39-,40?,45?,46+/m1/s1. The van der Waals surface area contributed by atoms with E-state index in [1.807, 2.05) is 60.4 Å². The number of rotatable bonds is 11. The maximum Gasteiger partial charge on any atom is 0.254 e. The Morgan fingerprint density at radius 1 is 0.681 bits per heavy atom. The molecule has 4 saturated heterocycles. The number of hydrogen-bond acceptors (Lipinski definition) is 12. The minimum absolute atomic E-state index is 0.00139. The van der Waals surface area contributed by atoms with Crippen molar-refractivity contribution in [1.29, 1.82) is 0 Å². The number of pyridine rings is 2. The van der Waals surface area contributed by atoms with Crippen LogP contribution in [0.4, 0.5) is 0 Å². The van der Waals surface area contributed by atoms with E-state index in [9.17, 15) is 9.59 Å². The first-order valence-electron chi connectivity index (χ1n) is 25.5. The number of imidazole rings is 2. The lowest BCUT2D eigenvalue weighted by Crippen LogP contribution is -2.49. The van der Waals surface area contributed by atoms with Crippen LogP contribution in [-0.2, 0) is 36.7 Å². The van der Waals surface area contributed by atoms with Crippen molar-refractivity contribution in [3.63, 3.8) is 0 Å². The van der Waals surface area contributed by atoms with Crippen molar-refractivity contribution < 1.29 is 28.5 Å². The predicted octanol–water partition coefficient (Wildman–Crippen LogP) is 5.70. The van der Waals surface area contributed by atoms with E-state index >= 15 is 0 Å². The van der Waals surface area contributed by atoms with Crippen LogP contribution in [-0.4, -0.2) is 144 Å². The molecular weight excluding hydrogens is 913 g/mol. The number of hydrogen-bond donors (Lipinski definition) is 2. The molecule has 6 aromatic heterocycles. The number of aromatic nitrogens is 8. The van der Waals surface area contributed by atoms with Gasteiger partial charge in [0.2, 0.25) is 0 Å². The number of ether oxygens (including phenoxy) is 4. The van der Waals surface area contributed by atoms with Crippen LogP contribution in [0.2, 0.25) is 0 Å². The van der Waals surface area contributed by atoms with Gasteiger partial charge in [-0.15, -0.1) is 0 Å². The van der Waals surface area contributed by atoms with Gasteiger partial charge in [-0.1, -0.05) is 0 Å². The molecular formula is C54H58N12O6. The van der Waals surface area contributed by atoms with Gasteiger partial charge in [-0.25, -0.2) is 19.9 Å². The highest BCUT2D eigenvalue weighted by Gasteiger charge is 2.42. The van der Waals surface area contributed by atoms with Crippen LogP contribution in [0.5, 0.6) is 11.5 Å². The number of carbonyl (C=O) groups is 2. The molecule has 10 heterocycles. The van der Waals surface area contributed by atoms with Crippen molar-refractivity contribution in [1.82, 2.24) is 58.6 Å². The second-order valence-electron chi connectivity index (χ2n) is 20.9. The molecule has 72 heavy (non-hydrogen) atoms. The Hall–Kier alpha value is -6.86. The molecule has 18 nitrogen and oxygen atoms in total. The molecule has 2 aliphatic carbocycles. The molecule has 0 spiro atoms. The molecule has 18 heteroatoms. The lowest BCUT2D eigenvalue weighted by atomic mass is 10.1. The maximum atomic E-state index is 14.5. The molecule has 4 aliphatic heterocycles. The van der Waals surface area contributed by atoms with E-state index in [1.54, 1.807) is 14.2 Å². The van der Waals surface area contributed by atoms with Gasteiger partial charge in [0.25, 0.3) is 11.8 Å². The van der Waals surface area contributed by atoms with Gasteiger partial charge in [-0.3, -0.25) is 14.9 Å². The van der Waals surface area contributed by atoms with E-state index in [1.165, 1.54) is 25.7 Å². The van der Waals surface area contributed by atoms with Gasteiger partial charge in [0, 0.05) is 88.0 Å². The number of benzene rings is 2. The van der Waals surface area contributed by atoms with Crippen LogP contribution in [0.15, 0.2) is 66.9 Å². The van der Waals surface area contributed by atoms with E-state index in [4.69, 9.17) is 38.9 Å². The minimum Gasteiger partial charge on any atom is -0.494 e. The largest absolute Gasteiger partial charge is 0.494 e. The first-order valence-corrected chi connectivity index (χ1v) is 25.5. The Morgan fingerprint density at radius 3 is 1.86 bits per heavy atom. The summed E-state index contributed by atoms with van der Waals surface area (Å²) in [6, 6.07) is 20.0. The molecule has 2 amide bonds. The van der Waals surface area contributed by atoms with Crippen LogP contribution < -0.4 is 20.1 Å². The van der Waals surface area contributed by atoms with E-state index < -0.39 is 0 Å². The number of fused-ring (bicyclic) bond motifs is 6. The number of nitrogens with one attached hydrogen (secondary N) is 2. The van der Waals surface area contributed by atoms with E-state index in [2.05, 4.69) is 59.2 Å². The Labute approximate surface area is 415 Å². The van der Waals surface area contributed by atoms with Crippen molar-refractivity contribution in [2.45, 2.75) is 69.1 Å². The zero-order valence-corrected chi connectivity index (χ0v) is 41.0. The number of nitrogens with zero attached hydrogens (tertiary/aromatic N) is 10. The fraction of sp³-hybridized carbons (Fsp3) is 0.444. The molecule has 6 aliphatic rings. The Kier molecular flexibility index (Phi) is 10.3. The van der Waals surface area contributed by atoms with Gasteiger partial charge in [-0.2, -0.15) is 0 Å². The lowest BCUT2D eigenvalue weighted by Gasteiger charge is -2.32. The van der Waals surface area contributed by atoms with E-state index in [0.29, 0.717) is 84.9 Å². The van der Waals surface area contributed by atoms with Gasteiger partial charge in [0.05, 0.1) is 85.9 Å². The minimum atomic E-state index is -0.176. The summed E-state index contributed by atoms with van der Waals surface area (Å²) < 4.78 is 33.2.